The third-order valence-corrected chi connectivity index (χ3v) is 4.33. The summed E-state index contributed by atoms with van der Waals surface area (Å²) >= 11 is 11.9. The Kier molecular flexibility index (Phi) is 5.05. The summed E-state index contributed by atoms with van der Waals surface area (Å²) in [6.07, 6.45) is -4.57. The average Bonchev–Trinajstić information content (AvgIpc) is 3.14. The molecule has 0 saturated carbocycles. The molecule has 1 unspecified atom stereocenters. The highest BCUT2D eigenvalue weighted by atomic mass is 35.5. The summed E-state index contributed by atoms with van der Waals surface area (Å²) in [5, 5.41) is 5.80. The number of hydrogen-bond donors (Lipinski definition) is 3. The molecule has 3 N–H and O–H groups in total. The summed E-state index contributed by atoms with van der Waals surface area (Å²) in [6.45, 7) is 1.23. The Labute approximate surface area is 155 Å². The average molecular weight is 410 g/mol. The monoisotopic (exact) mass is 409 g/mol. The molecule has 1 aliphatic rings. The first-order chi connectivity index (χ1) is 12.2. The van der Waals surface area contributed by atoms with Crippen LogP contribution in [0.15, 0.2) is 12.1 Å². The smallest absolute Gasteiger partial charge is 0.417 e. The Bertz CT molecular complexity index is 876. The van der Waals surface area contributed by atoms with Gasteiger partial charge in [-0.05, 0) is 25.1 Å². The van der Waals surface area contributed by atoms with E-state index in [4.69, 9.17) is 23.2 Å². The van der Waals surface area contributed by atoms with Crippen molar-refractivity contribution in [2.24, 2.45) is 0 Å². The molecule has 6 nitrogen and oxygen atoms in total. The van der Waals surface area contributed by atoms with Crippen LogP contribution >= 0.6 is 23.2 Å². The molecule has 0 radical (unpaired) electrons. The van der Waals surface area contributed by atoms with Crippen molar-refractivity contribution in [2.75, 3.05) is 13.1 Å². The van der Waals surface area contributed by atoms with Crippen molar-refractivity contribution < 1.29 is 27.5 Å². The van der Waals surface area contributed by atoms with Crippen LogP contribution in [0.25, 0.3) is 10.9 Å². The van der Waals surface area contributed by atoms with E-state index in [1.165, 1.54) is 12.1 Å². The lowest BCUT2D eigenvalue weighted by atomic mass is 10.2. The Morgan fingerprint density at radius 3 is 2.62 bits per heavy atom. The van der Waals surface area contributed by atoms with Crippen LogP contribution in [0.2, 0.25) is 10.0 Å². The number of fused-ring (bicyclic) bond motifs is 1. The number of rotatable bonds is 3. The molecule has 0 bridgehead atoms. The second-order valence-corrected chi connectivity index (χ2v) is 6.53. The summed E-state index contributed by atoms with van der Waals surface area (Å²) in [4.78, 5) is 26.4. The van der Waals surface area contributed by atoms with Gasteiger partial charge in [0.2, 0.25) is 0 Å². The largest absolute Gasteiger partial charge is 0.491 e. The van der Waals surface area contributed by atoms with E-state index in [2.05, 4.69) is 20.4 Å². The van der Waals surface area contributed by atoms with Crippen molar-refractivity contribution in [3.63, 3.8) is 0 Å². The minimum atomic E-state index is -5.23. The zero-order valence-corrected chi connectivity index (χ0v) is 14.5. The fourth-order valence-electron chi connectivity index (χ4n) is 2.67. The van der Waals surface area contributed by atoms with Crippen molar-refractivity contribution in [1.29, 1.82) is 0 Å². The second-order valence-electron chi connectivity index (χ2n) is 5.69. The topological polar surface area (TPSA) is 83.2 Å². The number of H-pyrrole nitrogens is 1. The fourth-order valence-corrected chi connectivity index (χ4v) is 3.25. The van der Waals surface area contributed by atoms with Gasteiger partial charge in [-0.3, -0.25) is 4.79 Å². The quantitative estimate of drug-likeness (QED) is 0.680. The number of nitrogens with one attached hydrogen (secondary N) is 3. The molecule has 0 spiro atoms. The van der Waals surface area contributed by atoms with E-state index in [0.29, 0.717) is 19.5 Å². The number of ether oxygens (including phenoxy) is 1. The number of hydrogen-bond acceptors (Lipinski definition) is 4. The van der Waals surface area contributed by atoms with Crippen LogP contribution in [-0.2, 0) is 4.79 Å². The van der Waals surface area contributed by atoms with E-state index in [1.54, 1.807) is 0 Å². The molecular formula is C15H12Cl2F3N3O3. The van der Waals surface area contributed by atoms with E-state index in [-0.39, 0.29) is 32.7 Å². The number of alkyl halides is 3. The Morgan fingerprint density at radius 2 is 2.00 bits per heavy atom. The zero-order chi connectivity index (χ0) is 19.1. The van der Waals surface area contributed by atoms with E-state index in [1.807, 2.05) is 0 Å². The number of carbonyl (C=O) groups is 2. The van der Waals surface area contributed by atoms with Crippen LogP contribution in [0, 0.1) is 0 Å². The number of carbonyl (C=O) groups excluding carboxylic acids is 2. The van der Waals surface area contributed by atoms with Gasteiger partial charge >= 0.3 is 12.1 Å². The van der Waals surface area contributed by atoms with Gasteiger partial charge in [0.15, 0.2) is 5.75 Å². The molecule has 140 valence electrons. The summed E-state index contributed by atoms with van der Waals surface area (Å²) in [6, 6.07) is 2.44. The number of aromatic amines is 1. The predicted molar refractivity (Wildman–Crippen MR) is 88.7 cm³/mol. The number of benzene rings is 1. The fraction of sp³-hybridized carbons (Fsp3) is 0.333. The first kappa shape index (κ1) is 18.8. The summed E-state index contributed by atoms with van der Waals surface area (Å²) in [7, 11) is 0. The number of aromatic nitrogens is 1. The second kappa shape index (κ2) is 6.98. The first-order valence-electron chi connectivity index (χ1n) is 7.48. The maximum atomic E-state index is 12.6. The van der Waals surface area contributed by atoms with E-state index >= 15 is 0 Å². The lowest BCUT2D eigenvalue weighted by Crippen LogP contribution is -2.37. The molecule has 26 heavy (non-hydrogen) atoms. The molecule has 0 aliphatic carbocycles. The molecule has 1 aliphatic heterocycles. The van der Waals surface area contributed by atoms with Gasteiger partial charge < -0.3 is 20.4 Å². The number of amides is 1. The molecule has 1 atom stereocenters. The molecule has 2 aromatic rings. The molecule has 2 heterocycles. The maximum Gasteiger partial charge on any atom is 0.491 e. The van der Waals surface area contributed by atoms with Gasteiger partial charge in [-0.2, -0.15) is 13.2 Å². The Hall–Kier alpha value is -1.97. The number of halogens is 5. The summed E-state index contributed by atoms with van der Waals surface area (Å²) < 4.78 is 42.3. The van der Waals surface area contributed by atoms with Crippen LogP contribution in [0.5, 0.6) is 5.75 Å². The molecule has 1 amide bonds. The molecular weight excluding hydrogens is 398 g/mol. The normalized spacial score (nSPS) is 17.5. The Morgan fingerprint density at radius 1 is 1.27 bits per heavy atom. The van der Waals surface area contributed by atoms with Crippen molar-refractivity contribution >= 4 is 46.0 Å². The number of esters is 1. The highest BCUT2D eigenvalue weighted by molar-refractivity contribution is 6.39. The van der Waals surface area contributed by atoms with Crippen molar-refractivity contribution in [2.45, 2.75) is 18.6 Å². The summed E-state index contributed by atoms with van der Waals surface area (Å²) in [5.41, 5.74) is -0.171. The minimum absolute atomic E-state index is 0.0386. The SMILES string of the molecule is O=C(NC1CCNC1)c1[nH]c2cc(Cl)cc(Cl)c2c1OC(=O)C(F)(F)F. The van der Waals surface area contributed by atoms with Gasteiger partial charge in [0.25, 0.3) is 5.91 Å². The van der Waals surface area contributed by atoms with Crippen molar-refractivity contribution in [3.05, 3.63) is 27.9 Å². The third-order valence-electron chi connectivity index (χ3n) is 3.82. The lowest BCUT2D eigenvalue weighted by molar-refractivity contribution is -0.189. The van der Waals surface area contributed by atoms with E-state index < -0.39 is 23.8 Å². The van der Waals surface area contributed by atoms with Gasteiger partial charge in [-0.1, -0.05) is 23.2 Å². The van der Waals surface area contributed by atoms with Crippen LogP contribution in [0.4, 0.5) is 13.2 Å². The third kappa shape index (κ3) is 3.74. The molecule has 1 saturated heterocycles. The molecule has 1 aromatic heterocycles. The van der Waals surface area contributed by atoms with Crippen molar-refractivity contribution in [3.8, 4) is 5.75 Å². The predicted octanol–water partition coefficient (Wildman–Crippen LogP) is 3.03. The van der Waals surface area contributed by atoms with Gasteiger partial charge in [0.1, 0.15) is 5.69 Å². The van der Waals surface area contributed by atoms with Crippen LogP contribution < -0.4 is 15.4 Å². The molecule has 11 heteroatoms. The van der Waals surface area contributed by atoms with Crippen LogP contribution in [0.3, 0.4) is 0 Å². The first-order valence-corrected chi connectivity index (χ1v) is 8.23. The van der Waals surface area contributed by atoms with Gasteiger partial charge in [0.05, 0.1) is 15.9 Å². The van der Waals surface area contributed by atoms with Gasteiger partial charge in [-0.15, -0.1) is 0 Å². The van der Waals surface area contributed by atoms with E-state index in [9.17, 15) is 22.8 Å². The van der Waals surface area contributed by atoms with Gasteiger partial charge in [-0.25, -0.2) is 4.79 Å². The summed E-state index contributed by atoms with van der Waals surface area (Å²) in [5.74, 6) is -3.76. The highest BCUT2D eigenvalue weighted by Gasteiger charge is 2.42. The van der Waals surface area contributed by atoms with Crippen LogP contribution in [-0.4, -0.2) is 42.2 Å². The van der Waals surface area contributed by atoms with Gasteiger partial charge in [0, 0.05) is 17.6 Å². The minimum Gasteiger partial charge on any atom is -0.417 e. The molecule has 1 fully saturated rings. The van der Waals surface area contributed by atoms with Crippen LogP contribution in [0.1, 0.15) is 16.9 Å². The lowest BCUT2D eigenvalue weighted by Gasteiger charge is -2.12. The van der Waals surface area contributed by atoms with Crippen molar-refractivity contribution in [1.82, 2.24) is 15.6 Å². The molecule has 1 aromatic carbocycles. The maximum absolute atomic E-state index is 12.6. The highest BCUT2D eigenvalue weighted by Crippen LogP contribution is 2.38. The zero-order valence-electron chi connectivity index (χ0n) is 13.0. The Balaban J connectivity index is 2.05. The van der Waals surface area contributed by atoms with E-state index in [0.717, 1.165) is 0 Å². The standard InChI is InChI=1S/C15H12Cl2F3N3O3/c16-6-3-8(17)10-9(4-6)23-11(12(10)26-14(25)15(18,19)20)13(24)22-7-1-2-21-5-7/h3-4,7,21,23H,1-2,5H2,(H,22,24). The molecule has 3 rings (SSSR count).